The molecule has 2 aromatic rings. The molecule has 0 aliphatic carbocycles. The van der Waals surface area contributed by atoms with Gasteiger partial charge in [0.05, 0.1) is 0 Å². The van der Waals surface area contributed by atoms with Crippen molar-refractivity contribution in [3.8, 4) is 0 Å². The third kappa shape index (κ3) is 4.67. The average Bonchev–Trinajstić information content (AvgIpc) is 3.25. The molecule has 0 aromatic carbocycles. The van der Waals surface area contributed by atoms with Gasteiger partial charge in [0, 0.05) is 63.1 Å². The number of nitrogens with one attached hydrogen (secondary N) is 1. The van der Waals surface area contributed by atoms with Crippen LogP contribution >= 0.6 is 11.3 Å². The molecule has 1 fully saturated rings. The van der Waals surface area contributed by atoms with Crippen LogP contribution in [0.3, 0.4) is 0 Å². The zero-order valence-corrected chi connectivity index (χ0v) is 17.6. The SMILES string of the molecule is CCNC(=NCC(=O)N1CCc2sccc2C1)N1CCN(c2ncccn2)CC1. The number of hydrogen-bond acceptors (Lipinski definition) is 6. The monoisotopic (exact) mass is 413 g/mol. The van der Waals surface area contributed by atoms with E-state index < -0.39 is 0 Å². The third-order valence-electron chi connectivity index (χ3n) is 5.27. The number of piperazine rings is 1. The number of aliphatic imine (C=N–C) groups is 1. The van der Waals surface area contributed by atoms with E-state index in [1.807, 2.05) is 17.9 Å². The standard InChI is InChI=1S/C20H27N7OS/c1-2-21-19(25-9-11-26(12-10-25)20-22-6-3-7-23-20)24-14-18(28)27-8-4-17-16(15-27)5-13-29-17/h3,5-7,13H,2,4,8-12,14-15H2,1H3,(H,21,24). The van der Waals surface area contributed by atoms with Crippen LogP contribution in [0.4, 0.5) is 5.95 Å². The van der Waals surface area contributed by atoms with Crippen LogP contribution in [0.25, 0.3) is 0 Å². The molecule has 0 unspecified atom stereocenters. The lowest BCUT2D eigenvalue weighted by Crippen LogP contribution is -2.53. The van der Waals surface area contributed by atoms with Crippen LogP contribution in [0.2, 0.25) is 0 Å². The summed E-state index contributed by atoms with van der Waals surface area (Å²) in [6.07, 6.45) is 4.49. The van der Waals surface area contributed by atoms with Gasteiger partial charge >= 0.3 is 0 Å². The zero-order chi connectivity index (χ0) is 20.1. The first-order valence-electron chi connectivity index (χ1n) is 10.1. The molecule has 4 heterocycles. The highest BCUT2D eigenvalue weighted by molar-refractivity contribution is 7.10. The van der Waals surface area contributed by atoms with E-state index >= 15 is 0 Å². The zero-order valence-electron chi connectivity index (χ0n) is 16.8. The molecule has 1 amide bonds. The first-order valence-corrected chi connectivity index (χ1v) is 11.0. The molecular formula is C20H27N7OS. The predicted molar refractivity (Wildman–Crippen MR) is 115 cm³/mol. The van der Waals surface area contributed by atoms with E-state index in [2.05, 4.69) is 41.5 Å². The van der Waals surface area contributed by atoms with Gasteiger partial charge in [0.2, 0.25) is 11.9 Å². The molecule has 29 heavy (non-hydrogen) atoms. The van der Waals surface area contributed by atoms with Gasteiger partial charge in [-0.25, -0.2) is 15.0 Å². The molecule has 0 atom stereocenters. The van der Waals surface area contributed by atoms with Crippen molar-refractivity contribution in [2.24, 2.45) is 4.99 Å². The Kier molecular flexibility index (Phi) is 6.24. The number of hydrogen-bond donors (Lipinski definition) is 1. The molecule has 154 valence electrons. The van der Waals surface area contributed by atoms with Gasteiger partial charge in [-0.15, -0.1) is 11.3 Å². The smallest absolute Gasteiger partial charge is 0.244 e. The highest BCUT2D eigenvalue weighted by atomic mass is 32.1. The molecule has 0 spiro atoms. The van der Waals surface area contributed by atoms with Crippen molar-refractivity contribution in [1.29, 1.82) is 0 Å². The summed E-state index contributed by atoms with van der Waals surface area (Å²) < 4.78 is 0. The van der Waals surface area contributed by atoms with Crippen molar-refractivity contribution in [1.82, 2.24) is 25.1 Å². The Morgan fingerprint density at radius 1 is 1.17 bits per heavy atom. The van der Waals surface area contributed by atoms with E-state index in [0.717, 1.165) is 57.6 Å². The molecule has 0 saturated carbocycles. The van der Waals surface area contributed by atoms with E-state index in [1.165, 1.54) is 10.4 Å². The molecular weight excluding hydrogens is 386 g/mol. The summed E-state index contributed by atoms with van der Waals surface area (Å²) in [5.41, 5.74) is 1.28. The molecule has 1 saturated heterocycles. The van der Waals surface area contributed by atoms with Crippen LogP contribution < -0.4 is 10.2 Å². The summed E-state index contributed by atoms with van der Waals surface area (Å²) in [7, 11) is 0. The van der Waals surface area contributed by atoms with Crippen LogP contribution in [-0.4, -0.2) is 77.4 Å². The minimum Gasteiger partial charge on any atom is -0.357 e. The number of thiophene rings is 1. The van der Waals surface area contributed by atoms with Gasteiger partial charge < -0.3 is 20.0 Å². The van der Waals surface area contributed by atoms with E-state index in [-0.39, 0.29) is 12.5 Å². The molecule has 0 bridgehead atoms. The fourth-order valence-electron chi connectivity index (χ4n) is 3.70. The van der Waals surface area contributed by atoms with Crippen LogP contribution in [0, 0.1) is 0 Å². The predicted octanol–water partition coefficient (Wildman–Crippen LogP) is 1.21. The van der Waals surface area contributed by atoms with Crippen molar-refractivity contribution in [2.45, 2.75) is 19.9 Å². The topological polar surface area (TPSA) is 77.0 Å². The van der Waals surface area contributed by atoms with Gasteiger partial charge in [0.1, 0.15) is 6.54 Å². The number of fused-ring (bicyclic) bond motifs is 1. The maximum absolute atomic E-state index is 12.7. The highest BCUT2D eigenvalue weighted by Gasteiger charge is 2.23. The molecule has 2 aliphatic heterocycles. The van der Waals surface area contributed by atoms with E-state index in [9.17, 15) is 4.79 Å². The van der Waals surface area contributed by atoms with Gasteiger partial charge in [0.15, 0.2) is 5.96 Å². The fourth-order valence-corrected chi connectivity index (χ4v) is 4.59. The Labute approximate surface area is 175 Å². The van der Waals surface area contributed by atoms with E-state index in [1.54, 1.807) is 23.7 Å². The number of amides is 1. The normalized spacial score (nSPS) is 17.3. The number of anilines is 1. The first-order chi connectivity index (χ1) is 14.2. The minimum atomic E-state index is 0.0913. The Balaban J connectivity index is 1.34. The molecule has 2 aromatic heterocycles. The Morgan fingerprint density at radius 3 is 2.72 bits per heavy atom. The number of rotatable bonds is 4. The van der Waals surface area contributed by atoms with Gasteiger partial charge in [0.25, 0.3) is 0 Å². The number of aromatic nitrogens is 2. The van der Waals surface area contributed by atoms with E-state index in [0.29, 0.717) is 6.54 Å². The van der Waals surface area contributed by atoms with Crippen LogP contribution in [0.15, 0.2) is 34.9 Å². The summed E-state index contributed by atoms with van der Waals surface area (Å²) in [6, 6.07) is 3.96. The Hall–Kier alpha value is -2.68. The van der Waals surface area contributed by atoms with Crippen LogP contribution in [0.1, 0.15) is 17.4 Å². The summed E-state index contributed by atoms with van der Waals surface area (Å²) in [4.78, 5) is 33.7. The summed E-state index contributed by atoms with van der Waals surface area (Å²) in [5.74, 6) is 1.67. The van der Waals surface area contributed by atoms with Gasteiger partial charge in [-0.05, 0) is 36.4 Å². The average molecular weight is 414 g/mol. The third-order valence-corrected chi connectivity index (χ3v) is 6.30. The van der Waals surface area contributed by atoms with Crippen molar-refractivity contribution in [3.63, 3.8) is 0 Å². The fraction of sp³-hybridized carbons (Fsp3) is 0.500. The molecule has 0 radical (unpaired) electrons. The molecule has 2 aliphatic rings. The number of carbonyl (C=O) groups is 1. The lowest BCUT2D eigenvalue weighted by atomic mass is 10.1. The van der Waals surface area contributed by atoms with Crippen LogP contribution in [0.5, 0.6) is 0 Å². The van der Waals surface area contributed by atoms with Gasteiger partial charge in [-0.3, -0.25) is 4.79 Å². The van der Waals surface area contributed by atoms with Crippen molar-refractivity contribution in [3.05, 3.63) is 40.3 Å². The minimum absolute atomic E-state index is 0.0913. The van der Waals surface area contributed by atoms with Crippen LogP contribution in [-0.2, 0) is 17.8 Å². The number of nitrogens with zero attached hydrogens (tertiary/aromatic N) is 6. The lowest BCUT2D eigenvalue weighted by molar-refractivity contribution is -0.130. The summed E-state index contributed by atoms with van der Waals surface area (Å²) >= 11 is 1.79. The summed E-state index contributed by atoms with van der Waals surface area (Å²) in [5, 5.41) is 5.45. The second-order valence-electron chi connectivity index (χ2n) is 7.13. The maximum Gasteiger partial charge on any atom is 0.244 e. The van der Waals surface area contributed by atoms with Crippen molar-refractivity contribution >= 4 is 29.2 Å². The Bertz CT molecular complexity index is 846. The highest BCUT2D eigenvalue weighted by Crippen LogP contribution is 2.24. The quantitative estimate of drug-likeness (QED) is 0.600. The van der Waals surface area contributed by atoms with Crippen molar-refractivity contribution < 1.29 is 4.79 Å². The number of carbonyl (C=O) groups excluding carboxylic acids is 1. The largest absolute Gasteiger partial charge is 0.357 e. The molecule has 1 N–H and O–H groups in total. The van der Waals surface area contributed by atoms with E-state index in [4.69, 9.17) is 0 Å². The van der Waals surface area contributed by atoms with Crippen molar-refractivity contribution in [2.75, 3.05) is 50.7 Å². The molecule has 8 nitrogen and oxygen atoms in total. The molecule has 9 heteroatoms. The second kappa shape index (κ2) is 9.21. The number of guanidine groups is 1. The second-order valence-corrected chi connectivity index (χ2v) is 8.13. The van der Waals surface area contributed by atoms with Gasteiger partial charge in [-0.2, -0.15) is 0 Å². The molecule has 4 rings (SSSR count). The van der Waals surface area contributed by atoms with Gasteiger partial charge in [-0.1, -0.05) is 0 Å². The summed E-state index contributed by atoms with van der Waals surface area (Å²) in [6.45, 7) is 7.80. The first kappa shape index (κ1) is 19.6. The Morgan fingerprint density at radius 2 is 1.97 bits per heavy atom. The maximum atomic E-state index is 12.7. The lowest BCUT2D eigenvalue weighted by Gasteiger charge is -2.36.